The van der Waals surface area contributed by atoms with Gasteiger partial charge in [0.1, 0.15) is 11.0 Å². The zero-order valence-electron chi connectivity index (χ0n) is 21.1. The molecule has 1 saturated heterocycles. The van der Waals surface area contributed by atoms with E-state index < -0.39 is 0 Å². The van der Waals surface area contributed by atoms with Crippen LogP contribution in [-0.2, 0) is 22.6 Å². The largest absolute Gasteiger partial charge is 0.353 e. The molecule has 3 aromatic rings. The van der Waals surface area contributed by atoms with Crippen LogP contribution in [0.5, 0.6) is 0 Å². The number of piperazine rings is 1. The third-order valence-electron chi connectivity index (χ3n) is 6.33. The highest BCUT2D eigenvalue weighted by molar-refractivity contribution is 7.99. The van der Waals surface area contributed by atoms with Crippen molar-refractivity contribution < 1.29 is 9.59 Å². The first-order chi connectivity index (χ1) is 18.0. The van der Waals surface area contributed by atoms with E-state index in [1.165, 1.54) is 17.3 Å². The lowest BCUT2D eigenvalue weighted by Crippen LogP contribution is -2.48. The average molecular weight is 538 g/mol. The Labute approximate surface area is 227 Å². The monoisotopic (exact) mass is 537 g/mol. The maximum Gasteiger partial charge on any atom is 0.233 e. The zero-order valence-corrected chi connectivity index (χ0v) is 22.6. The number of hydrogen-bond acceptors (Lipinski definition) is 6. The summed E-state index contributed by atoms with van der Waals surface area (Å²) in [5.41, 5.74) is 2.29. The molecule has 0 radical (unpaired) electrons. The molecule has 1 aliphatic rings. The fraction of sp³-hybridized carbons (Fsp3) is 0.357. The molecule has 9 heteroatoms. The number of thioether (sulfide) groups is 1. The van der Waals surface area contributed by atoms with Gasteiger partial charge in [-0.25, -0.2) is 9.97 Å². The number of benzene rings is 2. The van der Waals surface area contributed by atoms with Crippen molar-refractivity contribution >= 4 is 41.0 Å². The molecule has 1 aliphatic heterocycles. The van der Waals surface area contributed by atoms with Crippen molar-refractivity contribution in [2.45, 2.75) is 31.5 Å². The Morgan fingerprint density at radius 1 is 0.946 bits per heavy atom. The van der Waals surface area contributed by atoms with Crippen molar-refractivity contribution in [3.05, 3.63) is 83.0 Å². The van der Waals surface area contributed by atoms with Crippen molar-refractivity contribution in [3.8, 4) is 0 Å². The molecule has 1 aromatic heterocycles. The van der Waals surface area contributed by atoms with Crippen molar-refractivity contribution in [1.82, 2.24) is 19.8 Å². The van der Waals surface area contributed by atoms with Gasteiger partial charge >= 0.3 is 0 Å². The smallest absolute Gasteiger partial charge is 0.233 e. The van der Waals surface area contributed by atoms with E-state index in [-0.39, 0.29) is 17.6 Å². The summed E-state index contributed by atoms with van der Waals surface area (Å²) >= 11 is 7.62. The summed E-state index contributed by atoms with van der Waals surface area (Å²) in [6.45, 7) is 5.75. The second-order valence-corrected chi connectivity index (χ2v) is 10.2. The van der Waals surface area contributed by atoms with Gasteiger partial charge in [-0.3, -0.25) is 9.59 Å². The summed E-state index contributed by atoms with van der Waals surface area (Å²) in [7, 11) is 0. The molecule has 4 rings (SSSR count). The van der Waals surface area contributed by atoms with Crippen LogP contribution >= 0.6 is 23.4 Å². The number of carbonyl (C=O) groups is 2. The standard InChI is InChI=1S/C28H32ClN5O2S/c1-2-26(35)33-17-15-32(16-18-33)25-19-24(29)30-28(31-25)37-21-27(36)34(20-23-11-7-4-8-12-23)14-13-22-9-5-3-6-10-22/h3-12,19H,2,13-18,20-21H2,1H3. The summed E-state index contributed by atoms with van der Waals surface area (Å²) in [5, 5.41) is 0.822. The van der Waals surface area contributed by atoms with Crippen LogP contribution in [0, 0.1) is 0 Å². The SMILES string of the molecule is CCC(=O)N1CCN(c2cc(Cl)nc(SCC(=O)N(CCc3ccccc3)Cc3ccccc3)n2)CC1. The third-order valence-corrected chi connectivity index (χ3v) is 7.35. The third kappa shape index (κ3) is 7.94. The van der Waals surface area contributed by atoms with E-state index in [0.29, 0.717) is 56.0 Å². The molecule has 1 fully saturated rings. The van der Waals surface area contributed by atoms with E-state index in [9.17, 15) is 9.59 Å². The first-order valence-electron chi connectivity index (χ1n) is 12.6. The first-order valence-corrected chi connectivity index (χ1v) is 13.9. The number of rotatable bonds is 10. The number of carbonyl (C=O) groups excluding carboxylic acids is 2. The van der Waals surface area contributed by atoms with Gasteiger partial charge in [0.05, 0.1) is 5.75 Å². The molecular formula is C28H32ClN5O2S. The molecule has 2 aromatic carbocycles. The first kappa shape index (κ1) is 26.9. The van der Waals surface area contributed by atoms with E-state index in [0.717, 1.165) is 17.8 Å². The molecule has 0 bridgehead atoms. The van der Waals surface area contributed by atoms with E-state index in [1.54, 1.807) is 6.07 Å². The summed E-state index contributed by atoms with van der Waals surface area (Å²) in [6, 6.07) is 22.0. The fourth-order valence-corrected chi connectivity index (χ4v) is 5.23. The van der Waals surface area contributed by atoms with Crippen LogP contribution in [0.2, 0.25) is 5.15 Å². The number of hydrogen-bond donors (Lipinski definition) is 0. The lowest BCUT2D eigenvalue weighted by molar-refractivity contribution is -0.131. The molecule has 0 aliphatic carbocycles. The molecule has 0 saturated carbocycles. The van der Waals surface area contributed by atoms with Crippen molar-refractivity contribution in [3.63, 3.8) is 0 Å². The minimum absolute atomic E-state index is 0.0293. The Balaban J connectivity index is 1.39. The highest BCUT2D eigenvalue weighted by atomic mass is 35.5. The van der Waals surface area contributed by atoms with Gasteiger partial charge in [-0.15, -0.1) is 0 Å². The van der Waals surface area contributed by atoms with Gasteiger partial charge in [-0.1, -0.05) is 91.0 Å². The van der Waals surface area contributed by atoms with Gasteiger partial charge in [0.2, 0.25) is 11.8 Å². The molecule has 194 valence electrons. The maximum atomic E-state index is 13.3. The number of anilines is 1. The van der Waals surface area contributed by atoms with Crippen molar-refractivity contribution in [1.29, 1.82) is 0 Å². The van der Waals surface area contributed by atoms with Gasteiger partial charge in [0.25, 0.3) is 0 Å². The van der Waals surface area contributed by atoms with Crippen LogP contribution < -0.4 is 4.90 Å². The zero-order chi connectivity index (χ0) is 26.0. The molecule has 7 nitrogen and oxygen atoms in total. The molecule has 37 heavy (non-hydrogen) atoms. The normalized spacial score (nSPS) is 13.5. The second kappa shape index (κ2) is 13.4. The van der Waals surface area contributed by atoms with Gasteiger partial charge in [-0.2, -0.15) is 0 Å². The average Bonchev–Trinajstić information content (AvgIpc) is 2.94. The minimum atomic E-state index is 0.0293. The van der Waals surface area contributed by atoms with Crippen LogP contribution in [-0.4, -0.2) is 70.1 Å². The van der Waals surface area contributed by atoms with Crippen LogP contribution in [0.3, 0.4) is 0 Å². The van der Waals surface area contributed by atoms with Crippen molar-refractivity contribution in [2.75, 3.05) is 43.4 Å². The Morgan fingerprint density at radius 3 is 2.24 bits per heavy atom. The lowest BCUT2D eigenvalue weighted by atomic mass is 10.1. The van der Waals surface area contributed by atoms with Gasteiger partial charge < -0.3 is 14.7 Å². The number of aromatic nitrogens is 2. The fourth-order valence-electron chi connectivity index (χ4n) is 4.24. The van der Waals surface area contributed by atoms with Gasteiger partial charge in [0.15, 0.2) is 5.16 Å². The Morgan fingerprint density at radius 2 is 1.59 bits per heavy atom. The van der Waals surface area contributed by atoms with Crippen LogP contribution in [0.4, 0.5) is 5.82 Å². The van der Waals surface area contributed by atoms with Crippen LogP contribution in [0.1, 0.15) is 24.5 Å². The Kier molecular flexibility index (Phi) is 9.79. The highest BCUT2D eigenvalue weighted by Gasteiger charge is 2.22. The molecule has 0 atom stereocenters. The van der Waals surface area contributed by atoms with E-state index in [4.69, 9.17) is 11.6 Å². The number of nitrogens with zero attached hydrogens (tertiary/aromatic N) is 5. The number of amides is 2. The predicted octanol–water partition coefficient (Wildman–Crippen LogP) is 4.55. The highest BCUT2D eigenvalue weighted by Crippen LogP contribution is 2.23. The topological polar surface area (TPSA) is 69.6 Å². The van der Waals surface area contributed by atoms with Gasteiger partial charge in [0, 0.05) is 51.8 Å². The number of halogens is 1. The maximum absolute atomic E-state index is 13.3. The molecule has 0 unspecified atom stereocenters. The minimum Gasteiger partial charge on any atom is -0.353 e. The summed E-state index contributed by atoms with van der Waals surface area (Å²) < 4.78 is 0. The molecule has 0 N–H and O–H groups in total. The molecule has 2 amide bonds. The molecule has 2 heterocycles. The lowest BCUT2D eigenvalue weighted by Gasteiger charge is -2.35. The summed E-state index contributed by atoms with van der Waals surface area (Å²) in [4.78, 5) is 40.2. The van der Waals surface area contributed by atoms with Gasteiger partial charge in [-0.05, 0) is 17.5 Å². The molecule has 0 spiro atoms. The Bertz CT molecular complexity index is 1170. The quantitative estimate of drug-likeness (QED) is 0.215. The van der Waals surface area contributed by atoms with Crippen molar-refractivity contribution in [2.24, 2.45) is 0 Å². The summed E-state index contributed by atoms with van der Waals surface area (Å²) in [5.74, 6) is 1.15. The van der Waals surface area contributed by atoms with Crippen LogP contribution in [0.15, 0.2) is 71.9 Å². The van der Waals surface area contributed by atoms with E-state index in [2.05, 4.69) is 27.0 Å². The van der Waals surface area contributed by atoms with E-state index >= 15 is 0 Å². The van der Waals surface area contributed by atoms with E-state index in [1.807, 2.05) is 65.3 Å². The molecular weight excluding hydrogens is 506 g/mol. The second-order valence-electron chi connectivity index (χ2n) is 8.88. The van der Waals surface area contributed by atoms with Crippen LogP contribution in [0.25, 0.3) is 0 Å². The Hall–Kier alpha value is -3.10. The predicted molar refractivity (Wildman–Crippen MR) is 149 cm³/mol. The summed E-state index contributed by atoms with van der Waals surface area (Å²) in [6.07, 6.45) is 1.30.